The quantitative estimate of drug-likeness (QED) is 0.819. The first-order valence-electron chi connectivity index (χ1n) is 5.51. The number of aryl methyl sites for hydroxylation is 1. The number of ether oxygens (including phenoxy) is 1. The molecule has 1 rings (SSSR count). The van der Waals surface area contributed by atoms with E-state index < -0.39 is 0 Å². The molecule has 0 aliphatic carbocycles. The Morgan fingerprint density at radius 3 is 2.94 bits per heavy atom. The van der Waals surface area contributed by atoms with Crippen LogP contribution in [0.5, 0.6) is 0 Å². The normalized spacial score (nSPS) is 12.2. The maximum Gasteiger partial charge on any atom is 0.317 e. The fourth-order valence-corrected chi connectivity index (χ4v) is 1.51. The Bertz CT molecular complexity index is 364. The molecule has 0 saturated heterocycles. The van der Waals surface area contributed by atoms with Gasteiger partial charge < -0.3 is 15.0 Å². The molecule has 96 valence electrons. The van der Waals surface area contributed by atoms with Crippen molar-refractivity contribution in [1.29, 1.82) is 0 Å². The van der Waals surface area contributed by atoms with E-state index >= 15 is 0 Å². The lowest BCUT2D eigenvalue weighted by Crippen LogP contribution is -2.43. The molecular formula is C11H20N4O2. The lowest BCUT2D eigenvalue weighted by atomic mass is 10.3. The smallest absolute Gasteiger partial charge is 0.317 e. The first-order chi connectivity index (χ1) is 8.02. The summed E-state index contributed by atoms with van der Waals surface area (Å²) in [5.74, 6) is 0. The van der Waals surface area contributed by atoms with Crippen LogP contribution in [-0.4, -0.2) is 47.5 Å². The molecule has 0 aromatic carbocycles. The van der Waals surface area contributed by atoms with Crippen molar-refractivity contribution in [3.8, 4) is 0 Å². The molecule has 0 saturated carbocycles. The van der Waals surface area contributed by atoms with Gasteiger partial charge in [0.25, 0.3) is 0 Å². The maximum absolute atomic E-state index is 11.8. The van der Waals surface area contributed by atoms with Gasteiger partial charge in [-0.25, -0.2) is 4.79 Å². The van der Waals surface area contributed by atoms with E-state index in [4.69, 9.17) is 4.74 Å². The van der Waals surface area contributed by atoms with Crippen LogP contribution in [0.1, 0.15) is 12.5 Å². The van der Waals surface area contributed by atoms with E-state index in [9.17, 15) is 4.79 Å². The summed E-state index contributed by atoms with van der Waals surface area (Å²) in [5.41, 5.74) is 1.00. The van der Waals surface area contributed by atoms with Gasteiger partial charge in [0, 0.05) is 33.0 Å². The fraction of sp³-hybridized carbons (Fsp3) is 0.636. The van der Waals surface area contributed by atoms with E-state index in [0.29, 0.717) is 13.2 Å². The van der Waals surface area contributed by atoms with Crippen LogP contribution in [0.2, 0.25) is 0 Å². The number of hydrogen-bond acceptors (Lipinski definition) is 3. The van der Waals surface area contributed by atoms with Gasteiger partial charge in [-0.1, -0.05) is 0 Å². The van der Waals surface area contributed by atoms with Crippen molar-refractivity contribution in [1.82, 2.24) is 20.0 Å². The van der Waals surface area contributed by atoms with Gasteiger partial charge >= 0.3 is 6.03 Å². The molecule has 17 heavy (non-hydrogen) atoms. The van der Waals surface area contributed by atoms with E-state index in [1.807, 2.05) is 20.2 Å². The topological polar surface area (TPSA) is 59.4 Å². The van der Waals surface area contributed by atoms with Crippen molar-refractivity contribution in [2.75, 3.05) is 20.8 Å². The van der Waals surface area contributed by atoms with E-state index in [2.05, 4.69) is 10.4 Å². The fourth-order valence-electron chi connectivity index (χ4n) is 1.51. The van der Waals surface area contributed by atoms with Gasteiger partial charge in [-0.3, -0.25) is 4.68 Å². The molecule has 0 bridgehead atoms. The van der Waals surface area contributed by atoms with Crippen LogP contribution in [-0.2, 0) is 18.3 Å². The third-order valence-electron chi connectivity index (χ3n) is 2.31. The molecule has 0 radical (unpaired) electrons. The van der Waals surface area contributed by atoms with E-state index in [-0.39, 0.29) is 12.1 Å². The molecule has 1 atom stereocenters. The number of aromatic nitrogens is 2. The minimum Gasteiger partial charge on any atom is -0.383 e. The molecule has 0 aliphatic heterocycles. The molecule has 1 aromatic heterocycles. The molecule has 6 heteroatoms. The van der Waals surface area contributed by atoms with Crippen molar-refractivity contribution in [3.63, 3.8) is 0 Å². The Hall–Kier alpha value is -1.56. The summed E-state index contributed by atoms with van der Waals surface area (Å²) in [4.78, 5) is 13.4. The van der Waals surface area contributed by atoms with E-state index in [1.54, 1.807) is 29.9 Å². The third-order valence-corrected chi connectivity index (χ3v) is 2.31. The third kappa shape index (κ3) is 4.44. The molecule has 0 aliphatic rings. The van der Waals surface area contributed by atoms with Crippen LogP contribution < -0.4 is 5.32 Å². The number of nitrogens with one attached hydrogen (secondary N) is 1. The highest BCUT2D eigenvalue weighted by molar-refractivity contribution is 5.74. The molecule has 0 spiro atoms. The predicted octanol–water partition coefficient (Wildman–Crippen LogP) is 0.596. The summed E-state index contributed by atoms with van der Waals surface area (Å²) in [6.45, 7) is 2.95. The Morgan fingerprint density at radius 1 is 1.71 bits per heavy atom. The lowest BCUT2D eigenvalue weighted by Gasteiger charge is -2.20. The molecule has 2 amide bonds. The van der Waals surface area contributed by atoms with Crippen molar-refractivity contribution in [2.24, 2.45) is 7.05 Å². The number of carbonyl (C=O) groups excluding carboxylic acids is 1. The van der Waals surface area contributed by atoms with Crippen molar-refractivity contribution in [2.45, 2.75) is 19.5 Å². The van der Waals surface area contributed by atoms with E-state index in [0.717, 1.165) is 5.56 Å². The Labute approximate surface area is 102 Å². The lowest BCUT2D eigenvalue weighted by molar-refractivity contribution is 0.162. The molecular weight excluding hydrogens is 220 g/mol. The van der Waals surface area contributed by atoms with Crippen molar-refractivity contribution < 1.29 is 9.53 Å². The van der Waals surface area contributed by atoms with Gasteiger partial charge in [-0.05, 0) is 6.92 Å². The zero-order chi connectivity index (χ0) is 12.8. The first-order valence-corrected chi connectivity index (χ1v) is 5.51. The molecule has 6 nitrogen and oxygen atoms in total. The van der Waals surface area contributed by atoms with Crippen molar-refractivity contribution >= 4 is 6.03 Å². The SMILES string of the molecule is COC[C@@H](C)NC(=O)N(C)Cc1cnn(C)c1. The van der Waals surface area contributed by atoms with Gasteiger partial charge in [0.2, 0.25) is 0 Å². The zero-order valence-corrected chi connectivity index (χ0v) is 10.8. The van der Waals surface area contributed by atoms with Crippen LogP contribution in [0.3, 0.4) is 0 Å². The molecule has 1 N–H and O–H groups in total. The monoisotopic (exact) mass is 240 g/mol. The number of methoxy groups -OCH3 is 1. The first kappa shape index (κ1) is 13.5. The number of hydrogen-bond donors (Lipinski definition) is 1. The average molecular weight is 240 g/mol. The summed E-state index contributed by atoms with van der Waals surface area (Å²) in [6, 6.07) is -0.109. The second kappa shape index (κ2) is 6.24. The van der Waals surface area contributed by atoms with Gasteiger partial charge in [0.1, 0.15) is 0 Å². The highest BCUT2D eigenvalue weighted by Gasteiger charge is 2.12. The maximum atomic E-state index is 11.8. The number of nitrogens with zero attached hydrogens (tertiary/aromatic N) is 3. The minimum atomic E-state index is -0.113. The average Bonchev–Trinajstić information content (AvgIpc) is 2.64. The molecule has 0 fully saturated rings. The standard InChI is InChI=1S/C11H20N4O2/c1-9(8-17-4)13-11(16)14(2)6-10-5-12-15(3)7-10/h5,7,9H,6,8H2,1-4H3,(H,13,16)/t9-/m1/s1. The Balaban J connectivity index is 2.41. The van der Waals surface area contributed by atoms with Gasteiger partial charge in [0.05, 0.1) is 25.4 Å². The zero-order valence-electron chi connectivity index (χ0n) is 10.8. The van der Waals surface area contributed by atoms with Crippen LogP contribution in [0.25, 0.3) is 0 Å². The van der Waals surface area contributed by atoms with Crippen molar-refractivity contribution in [3.05, 3.63) is 18.0 Å². The summed E-state index contributed by atoms with van der Waals surface area (Å²) < 4.78 is 6.68. The van der Waals surface area contributed by atoms with Crippen LogP contribution >= 0.6 is 0 Å². The summed E-state index contributed by atoms with van der Waals surface area (Å²) in [7, 11) is 5.22. The molecule has 0 unspecified atom stereocenters. The second-order valence-corrected chi connectivity index (χ2v) is 4.18. The van der Waals surface area contributed by atoms with E-state index in [1.165, 1.54) is 0 Å². The number of amides is 2. The number of rotatable bonds is 5. The largest absolute Gasteiger partial charge is 0.383 e. The van der Waals surface area contributed by atoms with Crippen LogP contribution in [0.4, 0.5) is 4.79 Å². The van der Waals surface area contributed by atoms with Crippen LogP contribution in [0.15, 0.2) is 12.4 Å². The predicted molar refractivity (Wildman–Crippen MR) is 64.5 cm³/mol. The van der Waals surface area contributed by atoms with Gasteiger partial charge in [0.15, 0.2) is 0 Å². The Morgan fingerprint density at radius 2 is 2.41 bits per heavy atom. The minimum absolute atomic E-state index is 0.00356. The second-order valence-electron chi connectivity index (χ2n) is 4.18. The van der Waals surface area contributed by atoms with Gasteiger partial charge in [-0.15, -0.1) is 0 Å². The highest BCUT2D eigenvalue weighted by Crippen LogP contribution is 2.01. The van der Waals surface area contributed by atoms with Crippen LogP contribution in [0, 0.1) is 0 Å². The molecule has 1 heterocycles. The summed E-state index contributed by atoms with van der Waals surface area (Å²) >= 11 is 0. The Kier molecular flexibility index (Phi) is 4.96. The summed E-state index contributed by atoms with van der Waals surface area (Å²) in [5, 5.41) is 6.90. The highest BCUT2D eigenvalue weighted by atomic mass is 16.5. The number of urea groups is 1. The van der Waals surface area contributed by atoms with Gasteiger partial charge in [-0.2, -0.15) is 5.10 Å². The number of carbonyl (C=O) groups is 1. The molecule has 1 aromatic rings. The summed E-state index contributed by atoms with van der Waals surface area (Å²) in [6.07, 6.45) is 3.64.